The van der Waals surface area contributed by atoms with Crippen molar-refractivity contribution in [2.24, 2.45) is 5.73 Å². The number of carbonyl (C=O) groups is 1. The predicted molar refractivity (Wildman–Crippen MR) is 49.6 cm³/mol. The van der Waals surface area contributed by atoms with E-state index in [1.54, 1.807) is 6.08 Å². The summed E-state index contributed by atoms with van der Waals surface area (Å²) < 4.78 is 0. The molecule has 0 aromatic rings. The molecular formula is C9H14N2O2. The summed E-state index contributed by atoms with van der Waals surface area (Å²) in [5.41, 5.74) is 8.65. The van der Waals surface area contributed by atoms with E-state index in [1.165, 1.54) is 0 Å². The second kappa shape index (κ2) is 4.79. The Morgan fingerprint density at radius 1 is 1.92 bits per heavy atom. The van der Waals surface area contributed by atoms with E-state index in [-0.39, 0.29) is 11.9 Å². The molecule has 0 saturated heterocycles. The van der Waals surface area contributed by atoms with Crippen LogP contribution in [-0.4, -0.2) is 18.6 Å². The maximum absolute atomic E-state index is 11.3. The fourth-order valence-corrected chi connectivity index (χ4v) is 1.16. The lowest BCUT2D eigenvalue weighted by Gasteiger charge is -2.04. The summed E-state index contributed by atoms with van der Waals surface area (Å²) in [4.78, 5) is 16.1. The number of nitrogens with two attached hydrogens (primary N) is 1. The van der Waals surface area contributed by atoms with Crippen LogP contribution < -0.4 is 11.2 Å². The van der Waals surface area contributed by atoms with E-state index >= 15 is 0 Å². The highest BCUT2D eigenvalue weighted by Gasteiger charge is 2.18. The first-order valence-electron chi connectivity index (χ1n) is 4.21. The van der Waals surface area contributed by atoms with Crippen LogP contribution in [0.2, 0.25) is 0 Å². The van der Waals surface area contributed by atoms with Crippen LogP contribution in [0.1, 0.15) is 12.8 Å². The van der Waals surface area contributed by atoms with Gasteiger partial charge in [-0.3, -0.25) is 9.63 Å². The van der Waals surface area contributed by atoms with Gasteiger partial charge in [-0.25, -0.2) is 5.48 Å². The van der Waals surface area contributed by atoms with Gasteiger partial charge < -0.3 is 5.73 Å². The van der Waals surface area contributed by atoms with Gasteiger partial charge >= 0.3 is 0 Å². The first kappa shape index (κ1) is 9.95. The van der Waals surface area contributed by atoms with Crippen LogP contribution in [0.4, 0.5) is 0 Å². The number of carbonyl (C=O) groups excluding carboxylic acids is 1. The minimum absolute atomic E-state index is 0.0835. The standard InChI is InChI=1S/C9H14N2O2/c1-2-5-13-11-9(12)7-3-4-8(10)6-7/h2-3,8H,1,4-6,10H2,(H,11,12). The second-order valence-electron chi connectivity index (χ2n) is 2.96. The molecule has 0 aromatic heterocycles. The van der Waals surface area contributed by atoms with E-state index in [2.05, 4.69) is 12.1 Å². The average molecular weight is 182 g/mol. The normalized spacial score (nSPS) is 21.0. The van der Waals surface area contributed by atoms with E-state index in [0.717, 1.165) is 6.42 Å². The summed E-state index contributed by atoms with van der Waals surface area (Å²) in [5.74, 6) is -0.199. The van der Waals surface area contributed by atoms with Gasteiger partial charge in [-0.2, -0.15) is 0 Å². The quantitative estimate of drug-likeness (QED) is 0.372. The molecule has 0 saturated carbocycles. The zero-order valence-electron chi connectivity index (χ0n) is 7.45. The molecule has 4 nitrogen and oxygen atoms in total. The minimum Gasteiger partial charge on any atom is -0.327 e. The van der Waals surface area contributed by atoms with Gasteiger partial charge in [0.2, 0.25) is 0 Å². The lowest BCUT2D eigenvalue weighted by atomic mass is 10.2. The van der Waals surface area contributed by atoms with Crippen molar-refractivity contribution in [1.82, 2.24) is 5.48 Å². The Morgan fingerprint density at radius 2 is 2.69 bits per heavy atom. The van der Waals surface area contributed by atoms with Crippen molar-refractivity contribution in [2.75, 3.05) is 6.61 Å². The van der Waals surface area contributed by atoms with Crippen molar-refractivity contribution in [3.05, 3.63) is 24.3 Å². The van der Waals surface area contributed by atoms with Crippen LogP contribution in [0, 0.1) is 0 Å². The maximum Gasteiger partial charge on any atom is 0.270 e. The van der Waals surface area contributed by atoms with Crippen LogP contribution in [0.5, 0.6) is 0 Å². The Labute approximate surface area is 77.4 Å². The van der Waals surface area contributed by atoms with Crippen molar-refractivity contribution in [2.45, 2.75) is 18.9 Å². The number of hydrogen-bond donors (Lipinski definition) is 2. The molecule has 1 aliphatic carbocycles. The summed E-state index contributed by atoms with van der Waals surface area (Å²) in [6.07, 6.45) is 4.81. The molecule has 1 atom stereocenters. The summed E-state index contributed by atoms with van der Waals surface area (Å²) >= 11 is 0. The van der Waals surface area contributed by atoms with Crippen molar-refractivity contribution in [3.63, 3.8) is 0 Å². The number of hydrogen-bond acceptors (Lipinski definition) is 3. The third kappa shape index (κ3) is 3.01. The highest BCUT2D eigenvalue weighted by Crippen LogP contribution is 2.16. The van der Waals surface area contributed by atoms with E-state index in [9.17, 15) is 4.79 Å². The number of rotatable bonds is 4. The molecule has 1 aliphatic rings. The van der Waals surface area contributed by atoms with Crippen LogP contribution in [0.25, 0.3) is 0 Å². The zero-order chi connectivity index (χ0) is 9.68. The molecule has 1 amide bonds. The van der Waals surface area contributed by atoms with Crippen molar-refractivity contribution in [1.29, 1.82) is 0 Å². The predicted octanol–water partition coefficient (Wildman–Crippen LogP) is 0.268. The molecular weight excluding hydrogens is 168 g/mol. The van der Waals surface area contributed by atoms with Gasteiger partial charge in [0.05, 0.1) is 6.61 Å². The third-order valence-electron chi connectivity index (χ3n) is 1.81. The van der Waals surface area contributed by atoms with Crippen molar-refractivity contribution >= 4 is 5.91 Å². The van der Waals surface area contributed by atoms with Crippen LogP contribution >= 0.6 is 0 Å². The molecule has 13 heavy (non-hydrogen) atoms. The summed E-state index contributed by atoms with van der Waals surface area (Å²) in [5, 5.41) is 0. The van der Waals surface area contributed by atoms with E-state index in [0.29, 0.717) is 18.6 Å². The Bertz CT molecular complexity index is 236. The highest BCUT2D eigenvalue weighted by atomic mass is 16.6. The van der Waals surface area contributed by atoms with Gasteiger partial charge in [-0.1, -0.05) is 12.2 Å². The van der Waals surface area contributed by atoms with E-state index in [4.69, 9.17) is 10.6 Å². The minimum atomic E-state index is -0.199. The molecule has 3 N–H and O–H groups in total. The summed E-state index contributed by atoms with van der Waals surface area (Å²) in [6.45, 7) is 3.77. The van der Waals surface area contributed by atoms with E-state index < -0.39 is 0 Å². The van der Waals surface area contributed by atoms with Gasteiger partial charge in [-0.05, 0) is 12.8 Å². The molecule has 0 aliphatic heterocycles. The third-order valence-corrected chi connectivity index (χ3v) is 1.81. The smallest absolute Gasteiger partial charge is 0.270 e. The fourth-order valence-electron chi connectivity index (χ4n) is 1.16. The first-order valence-corrected chi connectivity index (χ1v) is 4.21. The van der Waals surface area contributed by atoms with Crippen LogP contribution in [0.3, 0.4) is 0 Å². The lowest BCUT2D eigenvalue weighted by Crippen LogP contribution is -2.26. The molecule has 1 rings (SSSR count). The molecule has 0 radical (unpaired) electrons. The van der Waals surface area contributed by atoms with Gasteiger partial charge in [0.25, 0.3) is 5.91 Å². The zero-order valence-corrected chi connectivity index (χ0v) is 7.45. The molecule has 0 bridgehead atoms. The Balaban J connectivity index is 2.28. The molecule has 0 heterocycles. The lowest BCUT2D eigenvalue weighted by molar-refractivity contribution is -0.128. The molecule has 0 aromatic carbocycles. The molecule has 1 unspecified atom stereocenters. The summed E-state index contributed by atoms with van der Waals surface area (Å²) in [6, 6.07) is 0.0835. The average Bonchev–Trinajstić information content (AvgIpc) is 2.52. The van der Waals surface area contributed by atoms with Crippen LogP contribution in [-0.2, 0) is 9.63 Å². The summed E-state index contributed by atoms with van der Waals surface area (Å²) in [7, 11) is 0. The van der Waals surface area contributed by atoms with Gasteiger partial charge in [0.1, 0.15) is 0 Å². The topological polar surface area (TPSA) is 64.3 Å². The molecule has 4 heteroatoms. The Kier molecular flexibility index (Phi) is 3.67. The van der Waals surface area contributed by atoms with Crippen molar-refractivity contribution < 1.29 is 9.63 Å². The molecule has 0 spiro atoms. The first-order chi connectivity index (χ1) is 6.24. The SMILES string of the molecule is C=CCONC(=O)C1=CCC(N)C1. The largest absolute Gasteiger partial charge is 0.327 e. The van der Waals surface area contributed by atoms with Crippen molar-refractivity contribution in [3.8, 4) is 0 Å². The molecule has 0 fully saturated rings. The van der Waals surface area contributed by atoms with E-state index in [1.807, 2.05) is 6.08 Å². The Hall–Kier alpha value is -1.13. The Morgan fingerprint density at radius 3 is 3.23 bits per heavy atom. The number of nitrogens with one attached hydrogen (secondary N) is 1. The fraction of sp³-hybridized carbons (Fsp3) is 0.444. The van der Waals surface area contributed by atoms with Gasteiger partial charge in [0, 0.05) is 11.6 Å². The van der Waals surface area contributed by atoms with Crippen LogP contribution in [0.15, 0.2) is 24.3 Å². The monoisotopic (exact) mass is 182 g/mol. The highest BCUT2D eigenvalue weighted by molar-refractivity contribution is 5.93. The van der Waals surface area contributed by atoms with Gasteiger partial charge in [0.15, 0.2) is 0 Å². The maximum atomic E-state index is 11.3. The second-order valence-corrected chi connectivity index (χ2v) is 2.96. The number of amides is 1. The molecule has 72 valence electrons. The van der Waals surface area contributed by atoms with Gasteiger partial charge in [-0.15, -0.1) is 6.58 Å². The number of hydroxylamine groups is 1.